The molecule has 0 fully saturated rings. The third kappa shape index (κ3) is 2.72. The van der Waals surface area contributed by atoms with Crippen LogP contribution in [0.4, 0.5) is 0 Å². The first-order valence-corrected chi connectivity index (χ1v) is 8.86. The number of H-pyrrole nitrogens is 1. The Labute approximate surface area is 158 Å². The third-order valence-electron chi connectivity index (χ3n) is 4.40. The number of nitrogens with one attached hydrogen (secondary N) is 1. The van der Waals surface area contributed by atoms with Gasteiger partial charge in [-0.15, -0.1) is 0 Å². The maximum Gasteiger partial charge on any atom is 0.268 e. The summed E-state index contributed by atoms with van der Waals surface area (Å²) in [6, 6.07) is 15.6. The normalized spacial score (nSPS) is 14.6. The molecule has 0 aliphatic carbocycles. The van der Waals surface area contributed by atoms with E-state index in [1.807, 2.05) is 48.5 Å². The number of aromatic amines is 1. The van der Waals surface area contributed by atoms with Gasteiger partial charge in [-0.1, -0.05) is 30.3 Å². The Morgan fingerprint density at radius 3 is 2.54 bits per heavy atom. The standard InChI is InChI=1S/C20H15BrN2O3/c1-23-19(24)17(18(21)20(23)25)15-10-22-16-9-13(7-8-14(15)16)26-11-12-5-3-2-4-6-12/h2-10,22H,11H2,1H3. The molecule has 130 valence electrons. The molecule has 1 aliphatic rings. The van der Waals surface area contributed by atoms with E-state index in [9.17, 15) is 9.59 Å². The van der Waals surface area contributed by atoms with E-state index in [4.69, 9.17) is 4.74 Å². The molecule has 3 aromatic rings. The first-order chi connectivity index (χ1) is 12.6. The van der Waals surface area contributed by atoms with E-state index in [-0.39, 0.29) is 16.3 Å². The summed E-state index contributed by atoms with van der Waals surface area (Å²) in [6.45, 7) is 0.481. The lowest BCUT2D eigenvalue weighted by atomic mass is 10.1. The second kappa shape index (κ2) is 6.46. The number of carbonyl (C=O) groups excluding carboxylic acids is 2. The van der Waals surface area contributed by atoms with Crippen molar-refractivity contribution in [1.29, 1.82) is 0 Å². The third-order valence-corrected chi connectivity index (χ3v) is 5.14. The number of nitrogens with zero attached hydrogens (tertiary/aromatic N) is 1. The molecule has 0 spiro atoms. The molecule has 4 rings (SSSR count). The lowest BCUT2D eigenvalue weighted by molar-refractivity contribution is -0.134. The van der Waals surface area contributed by atoms with Crippen LogP contribution in [-0.4, -0.2) is 28.7 Å². The molecule has 2 heterocycles. The van der Waals surface area contributed by atoms with Crippen LogP contribution in [0.15, 0.2) is 59.2 Å². The Morgan fingerprint density at radius 2 is 1.85 bits per heavy atom. The molecule has 2 aromatic carbocycles. The van der Waals surface area contributed by atoms with Crippen LogP contribution in [0.25, 0.3) is 16.5 Å². The van der Waals surface area contributed by atoms with E-state index < -0.39 is 0 Å². The van der Waals surface area contributed by atoms with Gasteiger partial charge in [-0.3, -0.25) is 14.5 Å². The number of amides is 2. The number of imide groups is 1. The molecule has 0 saturated carbocycles. The fourth-order valence-electron chi connectivity index (χ4n) is 2.98. The summed E-state index contributed by atoms with van der Waals surface area (Å²) < 4.78 is 6.13. The Balaban J connectivity index is 1.64. The first-order valence-electron chi connectivity index (χ1n) is 8.06. The van der Waals surface area contributed by atoms with Crippen molar-refractivity contribution in [3.05, 3.63) is 70.3 Å². The summed E-state index contributed by atoms with van der Waals surface area (Å²) in [5, 5.41) is 0.862. The molecule has 0 atom stereocenters. The topological polar surface area (TPSA) is 62.4 Å². The number of benzene rings is 2. The van der Waals surface area contributed by atoms with Crippen LogP contribution in [0.3, 0.4) is 0 Å². The predicted octanol–water partition coefficient (Wildman–Crippen LogP) is 3.85. The minimum absolute atomic E-state index is 0.287. The van der Waals surface area contributed by atoms with E-state index >= 15 is 0 Å². The summed E-state index contributed by atoms with van der Waals surface area (Å²) in [6.07, 6.45) is 1.74. The minimum Gasteiger partial charge on any atom is -0.489 e. The van der Waals surface area contributed by atoms with E-state index in [0.29, 0.717) is 17.7 Å². The van der Waals surface area contributed by atoms with Gasteiger partial charge in [-0.25, -0.2) is 0 Å². The van der Waals surface area contributed by atoms with Gasteiger partial charge in [0, 0.05) is 35.8 Å². The highest BCUT2D eigenvalue weighted by molar-refractivity contribution is 9.12. The van der Waals surface area contributed by atoms with Crippen molar-refractivity contribution < 1.29 is 14.3 Å². The van der Waals surface area contributed by atoms with Gasteiger partial charge in [0.05, 0.1) is 10.1 Å². The molecule has 1 aliphatic heterocycles. The Morgan fingerprint density at radius 1 is 1.08 bits per heavy atom. The quantitative estimate of drug-likeness (QED) is 0.664. The molecule has 1 aromatic heterocycles. The van der Waals surface area contributed by atoms with Gasteiger partial charge in [0.2, 0.25) is 0 Å². The fraction of sp³-hybridized carbons (Fsp3) is 0.100. The average molecular weight is 411 g/mol. The molecule has 0 bridgehead atoms. The highest BCUT2D eigenvalue weighted by Gasteiger charge is 2.36. The highest BCUT2D eigenvalue weighted by Crippen LogP contribution is 2.36. The first kappa shape index (κ1) is 16.6. The van der Waals surface area contributed by atoms with Gasteiger partial charge in [0.25, 0.3) is 11.8 Å². The monoisotopic (exact) mass is 410 g/mol. The van der Waals surface area contributed by atoms with Crippen LogP contribution in [0.5, 0.6) is 5.75 Å². The van der Waals surface area contributed by atoms with Crippen LogP contribution in [0, 0.1) is 0 Å². The molecule has 5 nitrogen and oxygen atoms in total. The molecule has 1 N–H and O–H groups in total. The van der Waals surface area contributed by atoms with Gasteiger partial charge < -0.3 is 9.72 Å². The lowest BCUT2D eigenvalue weighted by Gasteiger charge is -2.07. The maximum atomic E-state index is 12.4. The number of likely N-dealkylation sites (N-methyl/N-ethyl adjacent to an activating group) is 1. The number of hydrogen-bond acceptors (Lipinski definition) is 3. The van der Waals surface area contributed by atoms with Crippen molar-refractivity contribution >= 4 is 44.2 Å². The van der Waals surface area contributed by atoms with Crippen molar-refractivity contribution in [1.82, 2.24) is 9.88 Å². The number of fused-ring (bicyclic) bond motifs is 1. The lowest BCUT2D eigenvalue weighted by Crippen LogP contribution is -2.26. The number of hydrogen-bond donors (Lipinski definition) is 1. The Kier molecular flexibility index (Phi) is 4.12. The van der Waals surface area contributed by atoms with Crippen molar-refractivity contribution in [2.75, 3.05) is 7.05 Å². The largest absolute Gasteiger partial charge is 0.489 e. The number of aromatic nitrogens is 1. The van der Waals surface area contributed by atoms with Crippen LogP contribution in [0.1, 0.15) is 11.1 Å². The zero-order valence-electron chi connectivity index (χ0n) is 14.0. The van der Waals surface area contributed by atoms with Crippen LogP contribution < -0.4 is 4.74 Å². The Hall–Kier alpha value is -2.86. The molecule has 0 unspecified atom stereocenters. The molecule has 0 saturated heterocycles. The molecule has 26 heavy (non-hydrogen) atoms. The smallest absolute Gasteiger partial charge is 0.268 e. The number of rotatable bonds is 4. The van der Waals surface area contributed by atoms with Gasteiger partial charge in [0.1, 0.15) is 12.4 Å². The second-order valence-electron chi connectivity index (χ2n) is 6.04. The SMILES string of the molecule is CN1C(=O)C(Br)=C(c2c[nH]c3cc(OCc4ccccc4)ccc23)C1=O. The van der Waals surface area contributed by atoms with E-state index in [0.717, 1.165) is 27.1 Å². The van der Waals surface area contributed by atoms with Crippen molar-refractivity contribution in [3.8, 4) is 5.75 Å². The summed E-state index contributed by atoms with van der Waals surface area (Å²) in [7, 11) is 1.48. The van der Waals surface area contributed by atoms with Crippen molar-refractivity contribution in [2.45, 2.75) is 6.61 Å². The Bertz CT molecular complexity index is 1050. The summed E-state index contributed by atoms with van der Waals surface area (Å²) in [5.41, 5.74) is 3.01. The zero-order chi connectivity index (χ0) is 18.3. The summed E-state index contributed by atoms with van der Waals surface area (Å²) >= 11 is 3.25. The zero-order valence-corrected chi connectivity index (χ0v) is 15.5. The fourth-order valence-corrected chi connectivity index (χ4v) is 3.63. The van der Waals surface area contributed by atoms with Gasteiger partial charge >= 0.3 is 0 Å². The summed E-state index contributed by atoms with van der Waals surface area (Å²) in [5.74, 6) is 0.0862. The van der Waals surface area contributed by atoms with E-state index in [1.165, 1.54) is 7.05 Å². The molecule has 6 heteroatoms. The average Bonchev–Trinajstić information content (AvgIpc) is 3.16. The predicted molar refractivity (Wildman–Crippen MR) is 103 cm³/mol. The highest BCUT2D eigenvalue weighted by atomic mass is 79.9. The van der Waals surface area contributed by atoms with Crippen LogP contribution >= 0.6 is 15.9 Å². The maximum absolute atomic E-state index is 12.4. The van der Waals surface area contributed by atoms with Crippen LogP contribution in [-0.2, 0) is 16.2 Å². The van der Waals surface area contributed by atoms with E-state index in [2.05, 4.69) is 20.9 Å². The van der Waals surface area contributed by atoms with Gasteiger partial charge in [0.15, 0.2) is 0 Å². The molecule has 2 amide bonds. The number of ether oxygens (including phenoxy) is 1. The molecular formula is C20H15BrN2O3. The number of carbonyl (C=O) groups is 2. The number of halogens is 1. The van der Waals surface area contributed by atoms with Crippen molar-refractivity contribution in [2.24, 2.45) is 0 Å². The minimum atomic E-state index is -0.331. The van der Waals surface area contributed by atoms with Crippen molar-refractivity contribution in [3.63, 3.8) is 0 Å². The molecule has 0 radical (unpaired) electrons. The van der Waals surface area contributed by atoms with Crippen LogP contribution in [0.2, 0.25) is 0 Å². The molecular weight excluding hydrogens is 396 g/mol. The van der Waals surface area contributed by atoms with Gasteiger partial charge in [-0.05, 0) is 33.6 Å². The van der Waals surface area contributed by atoms with E-state index in [1.54, 1.807) is 6.20 Å². The summed E-state index contributed by atoms with van der Waals surface area (Å²) in [4.78, 5) is 28.6. The second-order valence-corrected chi connectivity index (χ2v) is 6.84. The van der Waals surface area contributed by atoms with Gasteiger partial charge in [-0.2, -0.15) is 0 Å².